The number of carboxylic acid groups (broad SMARTS) is 1. The third-order valence-electron chi connectivity index (χ3n) is 4.71. The van der Waals surface area contributed by atoms with Crippen molar-refractivity contribution in [2.45, 2.75) is 65.8 Å². The quantitative estimate of drug-likeness (QED) is 0.904. The molecule has 0 aromatic carbocycles. The first kappa shape index (κ1) is 15.7. The van der Waals surface area contributed by atoms with Gasteiger partial charge in [0, 0.05) is 24.4 Å². The maximum Gasteiger partial charge on any atom is 0.347 e. The summed E-state index contributed by atoms with van der Waals surface area (Å²) in [7, 11) is 0. The highest BCUT2D eigenvalue weighted by Gasteiger charge is 2.30. The highest BCUT2D eigenvalue weighted by Crippen LogP contribution is 2.38. The number of carbonyl (C=O) groups is 1. The molecule has 0 spiro atoms. The molecule has 1 heterocycles. The van der Waals surface area contributed by atoms with Crippen molar-refractivity contribution in [3.8, 4) is 0 Å². The minimum atomic E-state index is -0.825. The Morgan fingerprint density at radius 2 is 1.95 bits per heavy atom. The van der Waals surface area contributed by atoms with Crippen LogP contribution < -0.4 is 5.69 Å². The fourth-order valence-electron chi connectivity index (χ4n) is 3.39. The third kappa shape index (κ3) is 3.52. The Bertz CT molecular complexity index is 598. The fourth-order valence-corrected chi connectivity index (χ4v) is 3.39. The molecule has 0 atom stereocenters. The first-order valence-corrected chi connectivity index (χ1v) is 7.61. The average Bonchev–Trinajstić information content (AvgIpc) is 2.81. The summed E-state index contributed by atoms with van der Waals surface area (Å²) >= 11 is 0. The second-order valence-corrected chi connectivity index (χ2v) is 6.54. The van der Waals surface area contributed by atoms with Crippen molar-refractivity contribution in [2.24, 2.45) is 5.41 Å². The number of hydrogen-bond acceptors (Lipinski definition) is 3. The van der Waals surface area contributed by atoms with E-state index >= 15 is 0 Å². The number of rotatable bonds is 5. The average molecular weight is 292 g/mol. The molecule has 0 saturated heterocycles. The van der Waals surface area contributed by atoms with Crippen LogP contribution in [0.4, 0.5) is 0 Å². The van der Waals surface area contributed by atoms with Crippen LogP contribution in [-0.2, 0) is 17.8 Å². The van der Waals surface area contributed by atoms with Gasteiger partial charge in [0.1, 0.15) is 0 Å². The van der Waals surface area contributed by atoms with Crippen LogP contribution in [0.25, 0.3) is 0 Å². The van der Waals surface area contributed by atoms with Crippen LogP contribution in [0.1, 0.15) is 56.0 Å². The smallest absolute Gasteiger partial charge is 0.347 e. The molecule has 1 aliphatic rings. The van der Waals surface area contributed by atoms with Gasteiger partial charge in [-0.3, -0.25) is 9.36 Å². The predicted octanol–water partition coefficient (Wildman–Crippen LogP) is 2.46. The lowest BCUT2D eigenvalue weighted by Crippen LogP contribution is -2.33. The van der Waals surface area contributed by atoms with E-state index in [-0.39, 0.29) is 17.5 Å². The molecular weight excluding hydrogens is 268 g/mol. The lowest BCUT2D eigenvalue weighted by Gasteiger charge is -2.26. The maximum atomic E-state index is 12.2. The lowest BCUT2D eigenvalue weighted by atomic mass is 9.88. The maximum absolute atomic E-state index is 12.2. The summed E-state index contributed by atoms with van der Waals surface area (Å²) in [6.45, 7) is 6.60. The Hall–Kier alpha value is -1.65. The molecule has 1 aromatic heterocycles. The molecule has 5 heteroatoms. The van der Waals surface area contributed by atoms with E-state index < -0.39 is 5.97 Å². The molecule has 1 aliphatic carbocycles. The molecule has 1 aromatic rings. The minimum Gasteiger partial charge on any atom is -0.481 e. The van der Waals surface area contributed by atoms with Crippen LogP contribution in [0.3, 0.4) is 0 Å². The molecule has 21 heavy (non-hydrogen) atoms. The molecule has 0 aliphatic heterocycles. The van der Waals surface area contributed by atoms with E-state index in [9.17, 15) is 9.59 Å². The first-order chi connectivity index (χ1) is 9.82. The molecule has 2 rings (SSSR count). The molecular formula is C16H24N2O3. The second-order valence-electron chi connectivity index (χ2n) is 6.54. The van der Waals surface area contributed by atoms with Crippen molar-refractivity contribution in [2.75, 3.05) is 0 Å². The van der Waals surface area contributed by atoms with Gasteiger partial charge < -0.3 is 5.11 Å². The van der Waals surface area contributed by atoms with Gasteiger partial charge in [0.05, 0.1) is 0 Å². The molecule has 5 nitrogen and oxygen atoms in total. The van der Waals surface area contributed by atoms with E-state index in [0.717, 1.165) is 24.1 Å². The number of aryl methyl sites for hydroxylation is 1. The number of aliphatic carboxylic acids is 1. The highest BCUT2D eigenvalue weighted by molar-refractivity contribution is 5.67. The SMILES string of the molecule is Cc1nc(=O)n(CC2(C)CCCC2)c(C)c1CCC(=O)O. The molecule has 0 unspecified atom stereocenters. The monoisotopic (exact) mass is 292 g/mol. The van der Waals surface area contributed by atoms with Crippen LogP contribution in [0.15, 0.2) is 4.79 Å². The summed E-state index contributed by atoms with van der Waals surface area (Å²) in [5.74, 6) is -0.825. The number of aromatic nitrogens is 2. The van der Waals surface area contributed by atoms with Crippen LogP contribution in [0.5, 0.6) is 0 Å². The van der Waals surface area contributed by atoms with E-state index in [4.69, 9.17) is 5.11 Å². The molecule has 0 amide bonds. The van der Waals surface area contributed by atoms with Gasteiger partial charge in [0.25, 0.3) is 0 Å². The van der Waals surface area contributed by atoms with Gasteiger partial charge in [-0.15, -0.1) is 0 Å². The minimum absolute atomic E-state index is 0.0683. The first-order valence-electron chi connectivity index (χ1n) is 7.61. The fraction of sp³-hybridized carbons (Fsp3) is 0.688. The zero-order valence-corrected chi connectivity index (χ0v) is 13.1. The third-order valence-corrected chi connectivity index (χ3v) is 4.71. The van der Waals surface area contributed by atoms with Crippen LogP contribution >= 0.6 is 0 Å². The predicted molar refractivity (Wildman–Crippen MR) is 80.5 cm³/mol. The van der Waals surface area contributed by atoms with Crippen LogP contribution in [0, 0.1) is 19.3 Å². The van der Waals surface area contributed by atoms with E-state index in [2.05, 4.69) is 11.9 Å². The summed E-state index contributed by atoms with van der Waals surface area (Å²) < 4.78 is 1.75. The van der Waals surface area contributed by atoms with E-state index in [1.807, 2.05) is 6.92 Å². The normalized spacial score (nSPS) is 17.1. The topological polar surface area (TPSA) is 72.2 Å². The Kier molecular flexibility index (Phi) is 4.49. The van der Waals surface area contributed by atoms with Crippen molar-refractivity contribution in [1.29, 1.82) is 0 Å². The van der Waals surface area contributed by atoms with Crippen LogP contribution in [-0.4, -0.2) is 20.6 Å². The van der Waals surface area contributed by atoms with Gasteiger partial charge >= 0.3 is 11.7 Å². The molecule has 116 valence electrons. The van der Waals surface area contributed by atoms with Crippen molar-refractivity contribution < 1.29 is 9.90 Å². The van der Waals surface area contributed by atoms with Gasteiger partial charge in [0.15, 0.2) is 0 Å². The van der Waals surface area contributed by atoms with E-state index in [0.29, 0.717) is 18.7 Å². The molecule has 1 saturated carbocycles. The molecule has 1 fully saturated rings. The summed E-state index contributed by atoms with van der Waals surface area (Å²) in [5.41, 5.74) is 2.39. The lowest BCUT2D eigenvalue weighted by molar-refractivity contribution is -0.136. The summed E-state index contributed by atoms with van der Waals surface area (Å²) in [5, 5.41) is 8.86. The van der Waals surface area contributed by atoms with Gasteiger partial charge in [-0.05, 0) is 44.1 Å². The van der Waals surface area contributed by atoms with Crippen molar-refractivity contribution in [3.63, 3.8) is 0 Å². The van der Waals surface area contributed by atoms with Crippen molar-refractivity contribution >= 4 is 5.97 Å². The zero-order chi connectivity index (χ0) is 15.6. The van der Waals surface area contributed by atoms with Gasteiger partial charge in [0.2, 0.25) is 0 Å². The zero-order valence-electron chi connectivity index (χ0n) is 13.1. The van der Waals surface area contributed by atoms with Gasteiger partial charge in [-0.2, -0.15) is 4.98 Å². The standard InChI is InChI=1S/C16H24N2O3/c1-11-13(6-7-14(19)20)12(2)18(15(21)17-11)10-16(3)8-4-5-9-16/h4-10H2,1-3H3,(H,19,20). The number of nitrogens with zero attached hydrogens (tertiary/aromatic N) is 2. The Morgan fingerprint density at radius 3 is 2.52 bits per heavy atom. The summed E-state index contributed by atoms with van der Waals surface area (Å²) in [6.07, 6.45) is 5.20. The largest absolute Gasteiger partial charge is 0.481 e. The highest BCUT2D eigenvalue weighted by atomic mass is 16.4. The molecule has 0 radical (unpaired) electrons. The Labute approximate surface area is 125 Å². The van der Waals surface area contributed by atoms with Crippen LogP contribution in [0.2, 0.25) is 0 Å². The molecule has 1 N–H and O–H groups in total. The Morgan fingerprint density at radius 1 is 1.33 bits per heavy atom. The number of hydrogen-bond donors (Lipinski definition) is 1. The van der Waals surface area contributed by atoms with E-state index in [1.165, 1.54) is 12.8 Å². The summed E-state index contributed by atoms with van der Waals surface area (Å²) in [4.78, 5) is 27.1. The van der Waals surface area contributed by atoms with Crippen molar-refractivity contribution in [1.82, 2.24) is 9.55 Å². The van der Waals surface area contributed by atoms with Gasteiger partial charge in [-0.25, -0.2) is 4.79 Å². The summed E-state index contributed by atoms with van der Waals surface area (Å²) in [6, 6.07) is 0. The van der Waals surface area contributed by atoms with Gasteiger partial charge in [-0.1, -0.05) is 19.8 Å². The van der Waals surface area contributed by atoms with E-state index in [1.54, 1.807) is 11.5 Å². The van der Waals surface area contributed by atoms with Crippen molar-refractivity contribution in [3.05, 3.63) is 27.4 Å². The Balaban J connectivity index is 2.34. The second kappa shape index (κ2) is 6.00. The molecule has 0 bridgehead atoms. The number of carboxylic acids is 1.